The number of halogens is 1. The van der Waals surface area contributed by atoms with Crippen molar-refractivity contribution < 1.29 is 19.1 Å². The van der Waals surface area contributed by atoms with Gasteiger partial charge in [0.2, 0.25) is 0 Å². The van der Waals surface area contributed by atoms with Gasteiger partial charge >= 0.3 is 5.97 Å². The molecule has 1 amide bonds. The number of carbonyl (C=O) groups is 2. The van der Waals surface area contributed by atoms with Crippen molar-refractivity contribution in [2.75, 3.05) is 19.0 Å². The molecule has 0 aliphatic heterocycles. The first-order valence-corrected chi connectivity index (χ1v) is 9.12. The monoisotopic (exact) mass is 419 g/mol. The van der Waals surface area contributed by atoms with Crippen LogP contribution in [0.2, 0.25) is 0 Å². The number of hydrogen-bond donors (Lipinski definition) is 1. The Morgan fingerprint density at radius 1 is 1.12 bits per heavy atom. The Kier molecular flexibility index (Phi) is 7.21. The highest BCUT2D eigenvalue weighted by molar-refractivity contribution is 9.10. The van der Waals surface area contributed by atoms with Gasteiger partial charge in [0.05, 0.1) is 30.5 Å². The number of benzene rings is 2. The summed E-state index contributed by atoms with van der Waals surface area (Å²) in [6.45, 7) is 4.75. The van der Waals surface area contributed by atoms with E-state index >= 15 is 0 Å². The number of nitrogens with one attached hydrogen (secondary N) is 1. The van der Waals surface area contributed by atoms with Gasteiger partial charge in [-0.15, -0.1) is 0 Å². The molecule has 0 bridgehead atoms. The van der Waals surface area contributed by atoms with Crippen molar-refractivity contribution in [1.29, 1.82) is 0 Å². The van der Waals surface area contributed by atoms with E-state index in [4.69, 9.17) is 9.47 Å². The fourth-order valence-corrected chi connectivity index (χ4v) is 2.64. The smallest absolute Gasteiger partial charge is 0.339 e. The maximum Gasteiger partial charge on any atom is 0.339 e. The molecule has 0 aliphatic carbocycles. The summed E-state index contributed by atoms with van der Waals surface area (Å²) < 4.78 is 11.3. The second-order valence-corrected chi connectivity index (χ2v) is 7.08. The lowest BCUT2D eigenvalue weighted by Gasteiger charge is -2.14. The summed E-state index contributed by atoms with van der Waals surface area (Å²) in [7, 11) is 1.30. The molecular weight excluding hydrogens is 398 g/mol. The number of carbonyl (C=O) groups excluding carboxylic acids is 2. The Labute approximate surface area is 161 Å². The van der Waals surface area contributed by atoms with Gasteiger partial charge in [-0.05, 0) is 42.7 Å². The zero-order valence-electron chi connectivity index (χ0n) is 15.0. The van der Waals surface area contributed by atoms with Crippen LogP contribution in [0.4, 0.5) is 5.69 Å². The molecule has 2 aromatic rings. The predicted octanol–water partition coefficient (Wildman–Crippen LogP) is 4.91. The predicted molar refractivity (Wildman–Crippen MR) is 105 cm³/mol. The quantitative estimate of drug-likeness (QED) is 0.647. The molecule has 0 saturated carbocycles. The molecule has 5 nitrogen and oxygen atoms in total. The molecule has 0 fully saturated rings. The van der Waals surface area contributed by atoms with Gasteiger partial charge < -0.3 is 14.8 Å². The van der Waals surface area contributed by atoms with Crippen LogP contribution < -0.4 is 10.1 Å². The SMILES string of the molecule is COC(=O)c1ccccc1NC(=O)c1cc(Br)ccc1OCCC(C)C. The lowest BCUT2D eigenvalue weighted by molar-refractivity contribution is 0.0602. The van der Waals surface area contributed by atoms with Crippen LogP contribution in [0.5, 0.6) is 5.75 Å². The lowest BCUT2D eigenvalue weighted by Crippen LogP contribution is -2.17. The molecule has 0 heterocycles. The first kappa shape index (κ1) is 20.0. The van der Waals surface area contributed by atoms with Crippen molar-refractivity contribution in [3.63, 3.8) is 0 Å². The number of methoxy groups -OCH3 is 1. The van der Waals surface area contributed by atoms with Gasteiger partial charge in [0.25, 0.3) is 5.91 Å². The Balaban J connectivity index is 2.24. The Hall–Kier alpha value is -2.34. The number of hydrogen-bond acceptors (Lipinski definition) is 4. The lowest BCUT2D eigenvalue weighted by atomic mass is 10.1. The minimum Gasteiger partial charge on any atom is -0.493 e. The van der Waals surface area contributed by atoms with Gasteiger partial charge in [-0.3, -0.25) is 4.79 Å². The number of esters is 1. The Morgan fingerprint density at radius 2 is 1.85 bits per heavy atom. The topological polar surface area (TPSA) is 64.6 Å². The molecule has 2 aromatic carbocycles. The average molecular weight is 420 g/mol. The molecule has 0 radical (unpaired) electrons. The van der Waals surface area contributed by atoms with Crippen LogP contribution in [0.25, 0.3) is 0 Å². The fraction of sp³-hybridized carbons (Fsp3) is 0.300. The second-order valence-electron chi connectivity index (χ2n) is 6.16. The van der Waals surface area contributed by atoms with Gasteiger partial charge in [0.15, 0.2) is 0 Å². The van der Waals surface area contributed by atoms with Crippen molar-refractivity contribution in [3.8, 4) is 5.75 Å². The summed E-state index contributed by atoms with van der Waals surface area (Å²) in [6, 6.07) is 12.0. The van der Waals surface area contributed by atoms with E-state index in [0.29, 0.717) is 35.1 Å². The number of ether oxygens (including phenoxy) is 2. The Bertz CT molecular complexity index is 789. The molecule has 2 rings (SSSR count). The van der Waals surface area contributed by atoms with Crippen molar-refractivity contribution in [2.24, 2.45) is 5.92 Å². The maximum atomic E-state index is 12.8. The van der Waals surface area contributed by atoms with Crippen LogP contribution in [0.1, 0.15) is 41.0 Å². The van der Waals surface area contributed by atoms with Crippen molar-refractivity contribution in [3.05, 3.63) is 58.1 Å². The van der Waals surface area contributed by atoms with Gasteiger partial charge in [-0.2, -0.15) is 0 Å². The van der Waals surface area contributed by atoms with Crippen LogP contribution in [-0.4, -0.2) is 25.6 Å². The molecule has 0 aliphatic rings. The third-order valence-electron chi connectivity index (χ3n) is 3.72. The van der Waals surface area contributed by atoms with E-state index in [1.54, 1.807) is 36.4 Å². The minimum atomic E-state index is -0.511. The third-order valence-corrected chi connectivity index (χ3v) is 4.21. The van der Waals surface area contributed by atoms with Gasteiger partial charge in [0.1, 0.15) is 5.75 Å². The molecule has 0 unspecified atom stereocenters. The summed E-state index contributed by atoms with van der Waals surface area (Å²) in [4.78, 5) is 24.7. The summed E-state index contributed by atoms with van der Waals surface area (Å²) in [5, 5.41) is 2.77. The summed E-state index contributed by atoms with van der Waals surface area (Å²) >= 11 is 3.38. The van der Waals surface area contributed by atoms with Crippen LogP contribution in [-0.2, 0) is 4.74 Å². The Morgan fingerprint density at radius 3 is 2.54 bits per heavy atom. The molecule has 0 atom stereocenters. The second kappa shape index (κ2) is 9.38. The first-order chi connectivity index (χ1) is 12.4. The number of amides is 1. The van der Waals surface area contributed by atoms with Crippen LogP contribution >= 0.6 is 15.9 Å². The van der Waals surface area contributed by atoms with Crippen molar-refractivity contribution in [2.45, 2.75) is 20.3 Å². The summed E-state index contributed by atoms with van der Waals surface area (Å²) in [5.74, 6) is 0.141. The zero-order valence-corrected chi connectivity index (χ0v) is 16.6. The van der Waals surface area contributed by atoms with Gasteiger partial charge in [0, 0.05) is 4.47 Å². The summed E-state index contributed by atoms with van der Waals surface area (Å²) in [5.41, 5.74) is 1.07. The number of rotatable bonds is 7. The highest BCUT2D eigenvalue weighted by atomic mass is 79.9. The number of anilines is 1. The average Bonchev–Trinajstić information content (AvgIpc) is 2.62. The van der Waals surface area contributed by atoms with E-state index in [2.05, 4.69) is 35.1 Å². The van der Waals surface area contributed by atoms with E-state index < -0.39 is 5.97 Å². The van der Waals surface area contributed by atoms with Gasteiger partial charge in [-0.1, -0.05) is 41.9 Å². The van der Waals surface area contributed by atoms with Crippen LogP contribution in [0.3, 0.4) is 0 Å². The summed E-state index contributed by atoms with van der Waals surface area (Å²) in [6.07, 6.45) is 0.891. The van der Waals surface area contributed by atoms with E-state index in [-0.39, 0.29) is 5.91 Å². The standard InChI is InChI=1S/C20H22BrNO4/c1-13(2)10-11-26-18-9-8-14(21)12-16(18)19(23)22-17-7-5-4-6-15(17)20(24)25-3/h4-9,12-13H,10-11H2,1-3H3,(H,22,23). The molecule has 6 heteroatoms. The van der Waals surface area contributed by atoms with Crippen molar-refractivity contribution in [1.82, 2.24) is 0 Å². The van der Waals surface area contributed by atoms with Crippen LogP contribution in [0.15, 0.2) is 46.9 Å². The third kappa shape index (κ3) is 5.33. The number of para-hydroxylation sites is 1. The van der Waals surface area contributed by atoms with E-state index in [9.17, 15) is 9.59 Å². The molecule has 26 heavy (non-hydrogen) atoms. The van der Waals surface area contributed by atoms with Crippen LogP contribution in [0, 0.1) is 5.92 Å². The van der Waals surface area contributed by atoms with E-state index in [1.165, 1.54) is 7.11 Å². The molecule has 0 spiro atoms. The van der Waals surface area contributed by atoms with Gasteiger partial charge in [-0.25, -0.2) is 4.79 Å². The van der Waals surface area contributed by atoms with Crippen molar-refractivity contribution >= 4 is 33.5 Å². The largest absolute Gasteiger partial charge is 0.493 e. The molecule has 0 aromatic heterocycles. The maximum absolute atomic E-state index is 12.8. The van der Waals surface area contributed by atoms with E-state index in [1.807, 2.05) is 6.07 Å². The molecule has 138 valence electrons. The first-order valence-electron chi connectivity index (χ1n) is 8.33. The highest BCUT2D eigenvalue weighted by Crippen LogP contribution is 2.26. The normalized spacial score (nSPS) is 10.5. The fourth-order valence-electron chi connectivity index (χ4n) is 2.28. The zero-order chi connectivity index (χ0) is 19.1. The molecular formula is C20H22BrNO4. The molecule has 1 N–H and O–H groups in total. The highest BCUT2D eigenvalue weighted by Gasteiger charge is 2.17. The molecule has 0 saturated heterocycles. The van der Waals surface area contributed by atoms with E-state index in [0.717, 1.165) is 10.9 Å². The minimum absolute atomic E-state index is 0.292.